The normalized spacial score (nSPS) is 41.5. The highest BCUT2D eigenvalue weighted by molar-refractivity contribution is 5.69. The Morgan fingerprint density at radius 3 is 2.31 bits per heavy atom. The van der Waals surface area contributed by atoms with Crippen molar-refractivity contribution in [2.75, 3.05) is 59.5 Å². The molecule has 0 radical (unpaired) electrons. The standard InChI is InChI=1S/C35H64N4O3/c1-25(7-10-33(41)42-4)28-8-9-29-27-24-32(40)31-23-26(11-13-35(31,3)30(27)12-14-34(28,29)2)37-16-6-18-39-21-19-38(20-22-39)17-5-15-36/h25-32,37,40H,5-24,36H2,1-4H3/t25?,26-,27?,28+,29?,30?,31-,32+,34+,35+/m0/s1. The number of rotatable bonds is 12. The molecule has 5 rings (SSSR count). The number of nitrogens with one attached hydrogen (secondary N) is 1. The van der Waals surface area contributed by atoms with Crippen molar-refractivity contribution in [3.8, 4) is 0 Å². The molecule has 1 heterocycles. The number of methoxy groups -OCH3 is 1. The number of nitrogens with two attached hydrogens (primary N) is 1. The summed E-state index contributed by atoms with van der Waals surface area (Å²) in [6, 6.07) is 0.558. The van der Waals surface area contributed by atoms with E-state index >= 15 is 0 Å². The van der Waals surface area contributed by atoms with Gasteiger partial charge in [-0.05, 0) is 143 Å². The lowest BCUT2D eigenvalue weighted by Gasteiger charge is -2.62. The second-order valence-electron chi connectivity index (χ2n) is 15.7. The summed E-state index contributed by atoms with van der Waals surface area (Å²) in [6.07, 6.45) is 13.6. The lowest BCUT2D eigenvalue weighted by Crippen LogP contribution is -2.59. The summed E-state index contributed by atoms with van der Waals surface area (Å²) in [4.78, 5) is 17.0. The molecule has 1 aliphatic heterocycles. The first-order chi connectivity index (χ1) is 20.2. The zero-order chi connectivity index (χ0) is 29.9. The predicted octanol–water partition coefficient (Wildman–Crippen LogP) is 4.52. The summed E-state index contributed by atoms with van der Waals surface area (Å²) in [5.74, 6) is 3.77. The van der Waals surface area contributed by atoms with Crippen molar-refractivity contribution < 1.29 is 14.6 Å². The number of aliphatic hydroxyl groups excluding tert-OH is 1. The van der Waals surface area contributed by atoms with E-state index in [0.717, 1.165) is 57.2 Å². The first-order valence-electron chi connectivity index (χ1n) is 17.8. The Bertz CT molecular complexity index is 880. The van der Waals surface area contributed by atoms with Crippen molar-refractivity contribution >= 4 is 5.97 Å². The average molecular weight is 589 g/mol. The predicted molar refractivity (Wildman–Crippen MR) is 170 cm³/mol. The van der Waals surface area contributed by atoms with Crippen molar-refractivity contribution in [3.63, 3.8) is 0 Å². The number of piperazine rings is 1. The molecule has 242 valence electrons. The number of fused-ring (bicyclic) bond motifs is 5. The first kappa shape index (κ1) is 32.7. The van der Waals surface area contributed by atoms with Crippen molar-refractivity contribution in [1.82, 2.24) is 15.1 Å². The maximum Gasteiger partial charge on any atom is 0.305 e. The van der Waals surface area contributed by atoms with E-state index in [1.165, 1.54) is 84.8 Å². The molecule has 7 heteroatoms. The van der Waals surface area contributed by atoms with Gasteiger partial charge in [0, 0.05) is 38.6 Å². The number of esters is 1. The van der Waals surface area contributed by atoms with E-state index in [-0.39, 0.29) is 17.5 Å². The zero-order valence-corrected chi connectivity index (χ0v) is 27.5. The van der Waals surface area contributed by atoms with Crippen LogP contribution in [0.5, 0.6) is 0 Å². The Kier molecular flexibility index (Phi) is 11.0. The highest BCUT2D eigenvalue weighted by Crippen LogP contribution is 2.68. The van der Waals surface area contributed by atoms with Crippen LogP contribution in [-0.2, 0) is 9.53 Å². The smallest absolute Gasteiger partial charge is 0.305 e. The minimum Gasteiger partial charge on any atom is -0.469 e. The van der Waals surface area contributed by atoms with Crippen LogP contribution in [0, 0.1) is 46.3 Å². The van der Waals surface area contributed by atoms with Crippen molar-refractivity contribution in [2.45, 2.75) is 110 Å². The van der Waals surface area contributed by atoms with Crippen molar-refractivity contribution in [2.24, 2.45) is 52.1 Å². The monoisotopic (exact) mass is 588 g/mol. The van der Waals surface area contributed by atoms with Gasteiger partial charge in [0.05, 0.1) is 13.2 Å². The van der Waals surface area contributed by atoms with Gasteiger partial charge in [0.25, 0.3) is 0 Å². The molecule has 0 amide bonds. The summed E-state index contributed by atoms with van der Waals surface area (Å²) in [5, 5.41) is 15.6. The third kappa shape index (κ3) is 6.76. The van der Waals surface area contributed by atoms with E-state index in [1.54, 1.807) is 0 Å². The number of carbonyl (C=O) groups is 1. The molecule has 10 atom stereocenters. The first-order valence-corrected chi connectivity index (χ1v) is 17.8. The summed E-state index contributed by atoms with van der Waals surface area (Å²) < 4.78 is 4.93. The van der Waals surface area contributed by atoms with E-state index in [4.69, 9.17) is 10.5 Å². The van der Waals surface area contributed by atoms with Gasteiger partial charge < -0.3 is 30.7 Å². The lowest BCUT2D eigenvalue weighted by molar-refractivity contribution is -0.162. The number of ether oxygens (including phenoxy) is 1. The fourth-order valence-corrected chi connectivity index (χ4v) is 11.3. The van der Waals surface area contributed by atoms with Crippen LogP contribution >= 0.6 is 0 Å². The van der Waals surface area contributed by atoms with Gasteiger partial charge in [0.2, 0.25) is 0 Å². The highest BCUT2D eigenvalue weighted by Gasteiger charge is 2.62. The van der Waals surface area contributed by atoms with Crippen LogP contribution < -0.4 is 11.1 Å². The molecule has 4 aliphatic carbocycles. The maximum absolute atomic E-state index is 11.8. The highest BCUT2D eigenvalue weighted by atomic mass is 16.5. The number of hydrogen-bond acceptors (Lipinski definition) is 7. The molecule has 0 aromatic heterocycles. The molecule has 5 fully saturated rings. The SMILES string of the molecule is COC(=O)CCC(C)[C@H]1CCC2C3C[C@@H](O)[C@@H]4C[C@@H](NCCCN5CCN(CCCN)CC5)CC[C@]4(C)C3CC[C@@]21C. The van der Waals surface area contributed by atoms with Crippen LogP contribution in [-0.4, -0.2) is 92.5 Å². The number of carbonyl (C=O) groups excluding carboxylic acids is 1. The van der Waals surface area contributed by atoms with Crippen LogP contribution in [0.15, 0.2) is 0 Å². The van der Waals surface area contributed by atoms with Gasteiger partial charge in [-0.1, -0.05) is 20.8 Å². The molecule has 0 spiro atoms. The van der Waals surface area contributed by atoms with E-state index in [0.29, 0.717) is 41.5 Å². The van der Waals surface area contributed by atoms with Crippen molar-refractivity contribution in [1.29, 1.82) is 0 Å². The zero-order valence-electron chi connectivity index (χ0n) is 27.5. The topological polar surface area (TPSA) is 91.1 Å². The third-order valence-corrected chi connectivity index (χ3v) is 13.7. The quantitative estimate of drug-likeness (QED) is 0.228. The molecule has 0 bridgehead atoms. The van der Waals surface area contributed by atoms with E-state index in [1.807, 2.05) is 0 Å². The Hall–Kier alpha value is -0.730. The largest absolute Gasteiger partial charge is 0.469 e. The van der Waals surface area contributed by atoms with Crippen LogP contribution in [0.1, 0.15) is 97.8 Å². The van der Waals surface area contributed by atoms with Gasteiger partial charge in [0.1, 0.15) is 0 Å². The van der Waals surface area contributed by atoms with E-state index in [2.05, 4.69) is 35.9 Å². The summed E-state index contributed by atoms with van der Waals surface area (Å²) >= 11 is 0. The third-order valence-electron chi connectivity index (χ3n) is 13.7. The molecule has 42 heavy (non-hydrogen) atoms. The molecule has 4 N–H and O–H groups in total. The van der Waals surface area contributed by atoms with Crippen LogP contribution in [0.4, 0.5) is 0 Å². The molecular weight excluding hydrogens is 524 g/mol. The second kappa shape index (κ2) is 14.1. The number of nitrogens with zero attached hydrogens (tertiary/aromatic N) is 2. The molecule has 0 aromatic carbocycles. The molecule has 7 nitrogen and oxygen atoms in total. The van der Waals surface area contributed by atoms with Crippen LogP contribution in [0.25, 0.3) is 0 Å². The Morgan fingerprint density at radius 1 is 0.952 bits per heavy atom. The molecule has 1 saturated heterocycles. The summed E-state index contributed by atoms with van der Waals surface area (Å²) in [7, 11) is 1.50. The van der Waals surface area contributed by atoms with Gasteiger partial charge in [0.15, 0.2) is 0 Å². The summed E-state index contributed by atoms with van der Waals surface area (Å²) in [5.41, 5.74) is 6.32. The Labute approximate surface area is 257 Å². The number of hydrogen-bond donors (Lipinski definition) is 3. The molecular formula is C35H64N4O3. The van der Waals surface area contributed by atoms with Gasteiger partial charge >= 0.3 is 5.97 Å². The van der Waals surface area contributed by atoms with E-state index < -0.39 is 0 Å². The van der Waals surface area contributed by atoms with Crippen molar-refractivity contribution in [3.05, 3.63) is 0 Å². The van der Waals surface area contributed by atoms with Gasteiger partial charge in [-0.2, -0.15) is 0 Å². The fourth-order valence-electron chi connectivity index (χ4n) is 11.3. The fraction of sp³-hybridized carbons (Fsp3) is 0.971. The Balaban J connectivity index is 1.10. The van der Waals surface area contributed by atoms with E-state index in [9.17, 15) is 9.90 Å². The van der Waals surface area contributed by atoms with Gasteiger partial charge in [-0.15, -0.1) is 0 Å². The Morgan fingerprint density at radius 2 is 1.62 bits per heavy atom. The average Bonchev–Trinajstić information content (AvgIpc) is 3.35. The minimum absolute atomic E-state index is 0.0718. The minimum atomic E-state index is -0.158. The molecule has 4 saturated carbocycles. The van der Waals surface area contributed by atoms with Crippen LogP contribution in [0.3, 0.4) is 0 Å². The maximum atomic E-state index is 11.8. The molecule has 0 aromatic rings. The van der Waals surface area contributed by atoms with Gasteiger partial charge in [-0.25, -0.2) is 0 Å². The molecule has 4 unspecified atom stereocenters. The number of aliphatic hydroxyl groups is 1. The van der Waals surface area contributed by atoms with Crippen LogP contribution in [0.2, 0.25) is 0 Å². The molecule has 5 aliphatic rings. The lowest BCUT2D eigenvalue weighted by atomic mass is 9.43. The van der Waals surface area contributed by atoms with Gasteiger partial charge in [-0.3, -0.25) is 4.79 Å². The second-order valence-corrected chi connectivity index (χ2v) is 15.7. The summed E-state index contributed by atoms with van der Waals surface area (Å²) in [6.45, 7) is 16.5.